The van der Waals surface area contributed by atoms with Crippen LogP contribution in [0, 0.1) is 5.53 Å². The number of carbonyl (C=O) groups is 1. The SMILES string of the molecule is N=NN=N[N+](=NN=NO)N[C@@H](CCCCN)C(=O)O. The number of nitrogens with zero attached hydrogens (tertiary/aromatic N) is 7. The van der Waals surface area contributed by atoms with E-state index in [4.69, 9.17) is 21.6 Å². The first-order valence-corrected chi connectivity index (χ1v) is 5.17. The highest BCUT2D eigenvalue weighted by atomic mass is 16.5. The number of hydrogen-bond acceptors (Lipinski definition) is 4. The van der Waals surface area contributed by atoms with Gasteiger partial charge in [-0.05, 0) is 25.8 Å². The minimum Gasteiger partial charge on any atom is -0.480 e. The van der Waals surface area contributed by atoms with E-state index in [0.717, 1.165) is 0 Å². The van der Waals surface area contributed by atoms with Gasteiger partial charge in [0.2, 0.25) is 0 Å². The van der Waals surface area contributed by atoms with E-state index < -0.39 is 12.0 Å². The average molecular weight is 275 g/mol. The molecule has 0 aromatic carbocycles. The van der Waals surface area contributed by atoms with Crippen LogP contribution in [0.2, 0.25) is 0 Å². The van der Waals surface area contributed by atoms with Crippen LogP contribution in [0.4, 0.5) is 0 Å². The number of nitrogens with two attached hydrogens (primary N) is 1. The summed E-state index contributed by atoms with van der Waals surface area (Å²) >= 11 is 0. The Hall–Kier alpha value is -2.57. The van der Waals surface area contributed by atoms with Gasteiger partial charge in [0.05, 0.1) is 10.1 Å². The Morgan fingerprint density at radius 1 is 1.42 bits per heavy atom. The highest BCUT2D eigenvalue weighted by molar-refractivity contribution is 5.73. The molecule has 0 aliphatic heterocycles. The lowest BCUT2D eigenvalue weighted by atomic mass is 10.1. The summed E-state index contributed by atoms with van der Waals surface area (Å²) in [5, 5.41) is 34.1. The monoisotopic (exact) mass is 275 g/mol. The van der Waals surface area contributed by atoms with Crippen LogP contribution in [-0.4, -0.2) is 33.8 Å². The van der Waals surface area contributed by atoms with Crippen LogP contribution >= 0.6 is 0 Å². The van der Waals surface area contributed by atoms with Gasteiger partial charge in [-0.25, -0.2) is 10.2 Å². The van der Waals surface area contributed by atoms with Gasteiger partial charge in [0, 0.05) is 0 Å². The van der Waals surface area contributed by atoms with E-state index >= 15 is 0 Å². The molecule has 106 valence electrons. The molecule has 0 fully saturated rings. The van der Waals surface area contributed by atoms with Gasteiger partial charge in [0.1, 0.15) is 15.7 Å². The van der Waals surface area contributed by atoms with Gasteiger partial charge in [-0.2, -0.15) is 5.53 Å². The fourth-order valence-electron chi connectivity index (χ4n) is 1.06. The Bertz CT molecular complexity index is 366. The highest BCUT2D eigenvalue weighted by Crippen LogP contribution is 2.01. The van der Waals surface area contributed by atoms with Gasteiger partial charge in [0.15, 0.2) is 16.5 Å². The third-order valence-electron chi connectivity index (χ3n) is 1.85. The van der Waals surface area contributed by atoms with E-state index in [1.807, 2.05) is 0 Å². The van der Waals surface area contributed by atoms with E-state index in [9.17, 15) is 4.79 Å². The predicted molar refractivity (Wildman–Crippen MR) is 56.8 cm³/mol. The number of rotatable bonds is 10. The third kappa shape index (κ3) is 8.19. The van der Waals surface area contributed by atoms with Crippen molar-refractivity contribution in [3.63, 3.8) is 0 Å². The summed E-state index contributed by atoms with van der Waals surface area (Å²) in [7, 11) is 0. The van der Waals surface area contributed by atoms with E-state index in [1.165, 1.54) is 0 Å². The van der Waals surface area contributed by atoms with Crippen molar-refractivity contribution in [1.82, 2.24) is 5.43 Å². The van der Waals surface area contributed by atoms with Crippen molar-refractivity contribution in [2.45, 2.75) is 25.3 Å². The normalized spacial score (nSPS) is 13.8. The number of hydrogen-bond donors (Lipinski definition) is 5. The zero-order valence-corrected chi connectivity index (χ0v) is 9.92. The molecule has 0 rings (SSSR count). The molecule has 0 radical (unpaired) electrons. The van der Waals surface area contributed by atoms with Crippen LogP contribution in [0.15, 0.2) is 31.4 Å². The number of nitrogens with one attached hydrogen (secondary N) is 2. The van der Waals surface area contributed by atoms with Crippen molar-refractivity contribution in [3.8, 4) is 0 Å². The molecule has 6 N–H and O–H groups in total. The lowest BCUT2D eigenvalue weighted by Crippen LogP contribution is -2.40. The van der Waals surface area contributed by atoms with Gasteiger partial charge in [-0.15, -0.1) is 0 Å². The van der Waals surface area contributed by atoms with Crippen molar-refractivity contribution < 1.29 is 20.0 Å². The smallest absolute Gasteiger partial charge is 0.329 e. The van der Waals surface area contributed by atoms with Crippen molar-refractivity contribution in [1.29, 1.82) is 5.53 Å². The zero-order valence-electron chi connectivity index (χ0n) is 9.92. The minimum absolute atomic E-state index is 0.266. The topological polar surface area (TPSA) is 197 Å². The van der Waals surface area contributed by atoms with E-state index in [-0.39, 0.29) is 6.42 Å². The second-order valence-corrected chi connectivity index (χ2v) is 3.14. The highest BCUT2D eigenvalue weighted by Gasteiger charge is 2.20. The molecule has 13 nitrogen and oxygen atoms in total. The van der Waals surface area contributed by atoms with Gasteiger partial charge in [-0.1, -0.05) is 0 Å². The van der Waals surface area contributed by atoms with Crippen molar-refractivity contribution in [2.75, 3.05) is 6.54 Å². The number of carboxylic acids is 1. The summed E-state index contributed by atoms with van der Waals surface area (Å²) in [5.74, 6) is -1.14. The molecule has 0 amide bonds. The number of aliphatic carboxylic acids is 1. The lowest BCUT2D eigenvalue weighted by molar-refractivity contribution is -0.667. The van der Waals surface area contributed by atoms with Crippen LogP contribution in [0.1, 0.15) is 19.3 Å². The molecule has 1 atom stereocenters. The summed E-state index contributed by atoms with van der Waals surface area (Å²) in [6.07, 6.45) is 1.51. The fraction of sp³-hybridized carbons (Fsp3) is 0.833. The molecule has 0 aromatic heterocycles. The average Bonchev–Trinajstić information content (AvgIpc) is 2.40. The standard InChI is InChI=1S/C6H14N10O3/c7-4-2-1-3-5(6(17)18)9-16(13-11-10-8)14-12-15-19/h5,8-9H,1-4,7H2,(H,17,18)/p+1/t5-/m0/s1. The summed E-state index contributed by atoms with van der Waals surface area (Å²) in [6, 6.07) is -1.02. The molecule has 0 bridgehead atoms. The molecule has 0 spiro atoms. The van der Waals surface area contributed by atoms with Crippen molar-refractivity contribution >= 4 is 5.97 Å². The Kier molecular flexibility index (Phi) is 9.15. The molecule has 0 aliphatic carbocycles. The Morgan fingerprint density at radius 2 is 2.16 bits per heavy atom. The van der Waals surface area contributed by atoms with Crippen LogP contribution in [0.5, 0.6) is 0 Å². The summed E-state index contributed by atoms with van der Waals surface area (Å²) in [6.45, 7) is 0.455. The maximum absolute atomic E-state index is 11.0. The molecule has 0 aliphatic rings. The number of unbranched alkanes of at least 4 members (excludes halogenated alkanes) is 1. The second kappa shape index (κ2) is 10.6. The molecule has 0 aromatic rings. The lowest BCUT2D eigenvalue weighted by Gasteiger charge is -2.10. The number of carboxylic acid groups (broad SMARTS) is 1. The minimum atomic E-state index is -1.14. The molecular weight excluding hydrogens is 260 g/mol. The Morgan fingerprint density at radius 3 is 2.68 bits per heavy atom. The van der Waals surface area contributed by atoms with E-state index in [2.05, 4.69) is 36.8 Å². The molecule has 19 heavy (non-hydrogen) atoms. The molecular formula is C6H15N10O3+. The Labute approximate surface area is 107 Å². The predicted octanol–water partition coefficient (Wildman–Crippen LogP) is 0.607. The second-order valence-electron chi connectivity index (χ2n) is 3.14. The Balaban J connectivity index is 4.68. The van der Waals surface area contributed by atoms with Crippen LogP contribution in [0.25, 0.3) is 0 Å². The van der Waals surface area contributed by atoms with Gasteiger partial charge in [-0.3, -0.25) is 0 Å². The molecule has 0 saturated heterocycles. The van der Waals surface area contributed by atoms with Gasteiger partial charge in [0.25, 0.3) is 0 Å². The summed E-state index contributed by atoms with van der Waals surface area (Å²) in [4.78, 5) is 11.5. The molecule has 0 heterocycles. The molecule has 13 heteroatoms. The van der Waals surface area contributed by atoms with Crippen molar-refractivity contribution in [2.24, 2.45) is 37.1 Å². The first kappa shape index (κ1) is 16.4. The van der Waals surface area contributed by atoms with Crippen molar-refractivity contribution in [3.05, 3.63) is 0 Å². The van der Waals surface area contributed by atoms with E-state index in [1.54, 1.807) is 0 Å². The summed E-state index contributed by atoms with van der Waals surface area (Å²) in [5.41, 5.74) is 14.1. The fourth-order valence-corrected chi connectivity index (χ4v) is 1.06. The first-order valence-electron chi connectivity index (χ1n) is 5.17. The van der Waals surface area contributed by atoms with Gasteiger partial charge >= 0.3 is 5.97 Å². The first-order chi connectivity index (χ1) is 9.15. The van der Waals surface area contributed by atoms with E-state index in [0.29, 0.717) is 24.3 Å². The maximum atomic E-state index is 11.0. The number of hydrazine groups is 1. The molecule has 0 saturated carbocycles. The maximum Gasteiger partial charge on any atom is 0.329 e. The quantitative estimate of drug-likeness (QED) is 0.168. The summed E-state index contributed by atoms with van der Waals surface area (Å²) < 4.78 is 0. The zero-order chi connectivity index (χ0) is 14.5. The van der Waals surface area contributed by atoms with Gasteiger partial charge < -0.3 is 16.0 Å². The van der Waals surface area contributed by atoms with Crippen LogP contribution in [-0.2, 0) is 4.79 Å². The molecule has 0 unspecified atom stereocenters. The van der Waals surface area contributed by atoms with Crippen LogP contribution in [0.3, 0.4) is 0 Å². The largest absolute Gasteiger partial charge is 0.480 e. The third-order valence-corrected chi connectivity index (χ3v) is 1.85. The van der Waals surface area contributed by atoms with Crippen LogP contribution < -0.4 is 11.2 Å².